The molecule has 2 fully saturated rings. The van der Waals surface area contributed by atoms with Gasteiger partial charge in [0.15, 0.2) is 5.13 Å². The number of esters is 1. The Morgan fingerprint density at radius 2 is 1.93 bits per heavy atom. The summed E-state index contributed by atoms with van der Waals surface area (Å²) in [5.41, 5.74) is 2.94. The van der Waals surface area contributed by atoms with Gasteiger partial charge in [-0.3, -0.25) is 9.59 Å². The molecule has 2 saturated carbocycles. The molecule has 0 saturated heterocycles. The number of hydrogen-bond donors (Lipinski definition) is 1. The summed E-state index contributed by atoms with van der Waals surface area (Å²) < 4.78 is 5.51. The number of aryl methyl sites for hydroxylation is 1. The van der Waals surface area contributed by atoms with Gasteiger partial charge in [0.2, 0.25) is 0 Å². The number of ether oxygens (including phenoxy) is 1. The zero-order valence-corrected chi connectivity index (χ0v) is 16.3. The second kappa shape index (κ2) is 7.80. The van der Waals surface area contributed by atoms with Gasteiger partial charge in [0.1, 0.15) is 12.4 Å². The van der Waals surface area contributed by atoms with Crippen molar-refractivity contribution in [2.45, 2.75) is 45.6 Å². The van der Waals surface area contributed by atoms with Gasteiger partial charge in [0.25, 0.3) is 0 Å². The van der Waals surface area contributed by atoms with E-state index in [9.17, 15) is 9.59 Å². The monoisotopic (exact) mass is 384 g/mol. The van der Waals surface area contributed by atoms with Crippen molar-refractivity contribution in [2.24, 2.45) is 17.8 Å². The molecule has 1 heterocycles. The van der Waals surface area contributed by atoms with Crippen molar-refractivity contribution in [2.75, 3.05) is 5.32 Å². The highest BCUT2D eigenvalue weighted by Crippen LogP contribution is 2.40. The van der Waals surface area contributed by atoms with Gasteiger partial charge in [-0.1, -0.05) is 24.1 Å². The summed E-state index contributed by atoms with van der Waals surface area (Å²) in [6, 6.07) is 8.11. The lowest BCUT2D eigenvalue weighted by molar-refractivity contribution is -0.154. The van der Waals surface area contributed by atoms with E-state index in [1.54, 1.807) is 0 Å². The molecule has 2 aliphatic carbocycles. The lowest BCUT2D eigenvalue weighted by atomic mass is 9.67. The minimum atomic E-state index is -0.180. The average Bonchev–Trinajstić information content (AvgIpc) is 3.09. The van der Waals surface area contributed by atoms with Gasteiger partial charge in [-0.15, -0.1) is 11.3 Å². The van der Waals surface area contributed by atoms with Gasteiger partial charge in [0.05, 0.1) is 11.6 Å². The molecule has 1 aromatic heterocycles. The summed E-state index contributed by atoms with van der Waals surface area (Å²) >= 11 is 1.49. The van der Waals surface area contributed by atoms with E-state index in [2.05, 4.69) is 17.2 Å². The quantitative estimate of drug-likeness (QED) is 0.761. The molecule has 142 valence electrons. The molecular formula is C21H24N2O3S. The first-order valence-electron chi connectivity index (χ1n) is 9.57. The van der Waals surface area contributed by atoms with Crippen molar-refractivity contribution in [3.63, 3.8) is 0 Å². The predicted octanol–water partition coefficient (Wildman–Crippen LogP) is 4.63. The molecule has 2 aromatic rings. The fourth-order valence-corrected chi connectivity index (χ4v) is 4.84. The molecule has 2 bridgehead atoms. The third-order valence-electron chi connectivity index (χ3n) is 5.60. The van der Waals surface area contributed by atoms with Crippen LogP contribution in [-0.4, -0.2) is 16.7 Å². The van der Waals surface area contributed by atoms with E-state index in [-0.39, 0.29) is 30.3 Å². The third-order valence-corrected chi connectivity index (χ3v) is 6.40. The van der Waals surface area contributed by atoms with E-state index < -0.39 is 0 Å². The molecule has 5 nitrogen and oxygen atoms in total. The molecule has 0 spiro atoms. The van der Waals surface area contributed by atoms with Crippen molar-refractivity contribution in [1.82, 2.24) is 4.98 Å². The number of nitrogens with one attached hydrogen (secondary N) is 1. The molecule has 0 radical (unpaired) electrons. The van der Waals surface area contributed by atoms with Crippen LogP contribution >= 0.6 is 11.3 Å². The predicted molar refractivity (Wildman–Crippen MR) is 105 cm³/mol. The number of Topliss-reactive ketones (excluding diaryl/α,β-unsaturated/α-hetero) is 1. The molecule has 27 heavy (non-hydrogen) atoms. The standard InChI is InChI=1S/C21H24N2O3S/c1-13-5-7-17(8-6-13)22-21-23-18(12-27-21)11-26-20(25)16-9-14-3-2-4-15(10-16)19(14)24/h5-8,12,14-16H,2-4,9-11H2,1H3,(H,22,23). The van der Waals surface area contributed by atoms with Crippen molar-refractivity contribution >= 4 is 33.9 Å². The lowest BCUT2D eigenvalue weighted by Gasteiger charge is -2.36. The number of fused-ring (bicyclic) bond motifs is 2. The molecular weight excluding hydrogens is 360 g/mol. The first-order chi connectivity index (χ1) is 13.1. The average molecular weight is 385 g/mol. The fourth-order valence-electron chi connectivity index (χ4n) is 4.13. The van der Waals surface area contributed by atoms with Gasteiger partial charge in [-0.2, -0.15) is 0 Å². The zero-order valence-electron chi connectivity index (χ0n) is 15.4. The highest BCUT2D eigenvalue weighted by atomic mass is 32.1. The van der Waals surface area contributed by atoms with E-state index in [4.69, 9.17) is 4.74 Å². The number of nitrogens with zero attached hydrogens (tertiary/aromatic N) is 1. The van der Waals surface area contributed by atoms with E-state index >= 15 is 0 Å². The molecule has 0 amide bonds. The van der Waals surface area contributed by atoms with Gasteiger partial charge in [0, 0.05) is 22.9 Å². The number of carbonyl (C=O) groups excluding carboxylic acids is 2. The normalized spacial score (nSPS) is 24.5. The highest BCUT2D eigenvalue weighted by molar-refractivity contribution is 7.13. The van der Waals surface area contributed by atoms with Crippen LogP contribution in [0.3, 0.4) is 0 Å². The summed E-state index contributed by atoms with van der Waals surface area (Å²) in [6.07, 6.45) is 4.29. The van der Waals surface area contributed by atoms with Gasteiger partial charge in [-0.25, -0.2) is 4.98 Å². The maximum absolute atomic E-state index is 12.5. The van der Waals surface area contributed by atoms with E-state index in [1.165, 1.54) is 16.9 Å². The van der Waals surface area contributed by atoms with Crippen LogP contribution in [0.5, 0.6) is 0 Å². The number of anilines is 2. The van der Waals surface area contributed by atoms with Crippen LogP contribution in [0, 0.1) is 24.7 Å². The van der Waals surface area contributed by atoms with Gasteiger partial charge < -0.3 is 10.1 Å². The number of rotatable bonds is 5. The Hall–Kier alpha value is -2.21. The first-order valence-corrected chi connectivity index (χ1v) is 10.4. The largest absolute Gasteiger partial charge is 0.459 e. The Kier molecular flexibility index (Phi) is 5.25. The number of ketones is 1. The number of carbonyl (C=O) groups is 2. The number of aromatic nitrogens is 1. The van der Waals surface area contributed by atoms with Crippen LogP contribution in [0.4, 0.5) is 10.8 Å². The minimum absolute atomic E-state index is 0.0691. The van der Waals surface area contributed by atoms with Crippen LogP contribution in [0.25, 0.3) is 0 Å². The number of hydrogen-bond acceptors (Lipinski definition) is 6. The Balaban J connectivity index is 1.30. The maximum atomic E-state index is 12.5. The Morgan fingerprint density at radius 3 is 2.63 bits per heavy atom. The molecule has 4 rings (SSSR count). The zero-order chi connectivity index (χ0) is 18.8. The van der Waals surface area contributed by atoms with Crippen LogP contribution < -0.4 is 5.32 Å². The minimum Gasteiger partial charge on any atom is -0.459 e. The number of benzene rings is 1. The highest BCUT2D eigenvalue weighted by Gasteiger charge is 2.41. The van der Waals surface area contributed by atoms with Crippen LogP contribution in [-0.2, 0) is 20.9 Å². The second-order valence-corrected chi connectivity index (χ2v) is 8.50. The van der Waals surface area contributed by atoms with Crippen LogP contribution in [0.15, 0.2) is 29.6 Å². The van der Waals surface area contributed by atoms with Crippen molar-refractivity contribution in [1.29, 1.82) is 0 Å². The van der Waals surface area contributed by atoms with E-state index in [0.717, 1.165) is 35.8 Å². The SMILES string of the molecule is Cc1ccc(Nc2nc(COC(=O)C3CC4CCCC(C3)C4=O)cs2)cc1. The van der Waals surface area contributed by atoms with Crippen LogP contribution in [0.2, 0.25) is 0 Å². The van der Waals surface area contributed by atoms with Crippen molar-refractivity contribution < 1.29 is 14.3 Å². The maximum Gasteiger partial charge on any atom is 0.309 e. The van der Waals surface area contributed by atoms with E-state index in [1.807, 2.05) is 29.6 Å². The first kappa shape index (κ1) is 18.2. The van der Waals surface area contributed by atoms with Crippen molar-refractivity contribution in [3.8, 4) is 0 Å². The summed E-state index contributed by atoms with van der Waals surface area (Å²) in [5, 5.41) is 5.95. The topological polar surface area (TPSA) is 68.3 Å². The summed E-state index contributed by atoms with van der Waals surface area (Å²) in [7, 11) is 0. The summed E-state index contributed by atoms with van der Waals surface area (Å²) in [5.74, 6) is 0.193. The summed E-state index contributed by atoms with van der Waals surface area (Å²) in [6.45, 7) is 2.24. The fraction of sp³-hybridized carbons (Fsp3) is 0.476. The van der Waals surface area contributed by atoms with Gasteiger partial charge in [-0.05, 0) is 44.7 Å². The second-order valence-electron chi connectivity index (χ2n) is 7.64. The number of thiazole rings is 1. The lowest BCUT2D eigenvalue weighted by Crippen LogP contribution is -2.39. The molecule has 6 heteroatoms. The van der Waals surface area contributed by atoms with Gasteiger partial charge >= 0.3 is 5.97 Å². The van der Waals surface area contributed by atoms with Crippen molar-refractivity contribution in [3.05, 3.63) is 40.9 Å². The van der Waals surface area contributed by atoms with E-state index in [0.29, 0.717) is 18.6 Å². The molecule has 2 unspecified atom stereocenters. The third kappa shape index (κ3) is 4.21. The molecule has 2 aliphatic rings. The molecule has 1 aromatic carbocycles. The Labute approximate surface area is 163 Å². The smallest absolute Gasteiger partial charge is 0.309 e. The molecule has 1 N–H and O–H groups in total. The Bertz CT molecular complexity index is 814. The van der Waals surface area contributed by atoms with Crippen LogP contribution in [0.1, 0.15) is 43.4 Å². The summed E-state index contributed by atoms with van der Waals surface area (Å²) in [4.78, 5) is 29.1. The Morgan fingerprint density at radius 1 is 1.22 bits per heavy atom. The molecule has 2 atom stereocenters. The molecule has 0 aliphatic heterocycles.